The van der Waals surface area contributed by atoms with Gasteiger partial charge in [-0.15, -0.1) is 24.8 Å². The first-order chi connectivity index (χ1) is 3.84. The Hall–Kier alpha value is 0.500. The second kappa shape index (κ2) is 6.23. The molecule has 0 saturated carbocycles. The summed E-state index contributed by atoms with van der Waals surface area (Å²) in [6.45, 7) is 2.07. The van der Waals surface area contributed by atoms with Crippen LogP contribution in [0.1, 0.15) is 12.8 Å². The molecule has 1 unspecified atom stereocenters. The van der Waals surface area contributed by atoms with Crippen LogP contribution in [0.5, 0.6) is 0 Å². The van der Waals surface area contributed by atoms with Crippen molar-refractivity contribution in [1.29, 1.82) is 0 Å². The van der Waals surface area contributed by atoms with Crippen LogP contribution in [-0.4, -0.2) is 31.1 Å². The van der Waals surface area contributed by atoms with Crippen LogP contribution in [0.2, 0.25) is 0 Å². The van der Waals surface area contributed by atoms with Gasteiger partial charge in [0.1, 0.15) is 0 Å². The highest BCUT2D eigenvalue weighted by Gasteiger charge is 2.17. The van der Waals surface area contributed by atoms with Gasteiger partial charge < -0.3 is 10.6 Å². The van der Waals surface area contributed by atoms with Crippen LogP contribution in [-0.2, 0) is 0 Å². The Bertz CT molecular complexity index is 80.1. The molecule has 4 heteroatoms. The predicted molar refractivity (Wildman–Crippen MR) is 49.2 cm³/mol. The van der Waals surface area contributed by atoms with Gasteiger partial charge in [0.25, 0.3) is 0 Å². The zero-order chi connectivity index (χ0) is 5.98. The molecule has 2 nitrogen and oxygen atoms in total. The second-order valence-electron chi connectivity index (χ2n) is 2.51. The molecular formula is C6H16Cl2N2. The topological polar surface area (TPSA) is 29.3 Å². The van der Waals surface area contributed by atoms with Crippen LogP contribution in [0.3, 0.4) is 0 Å². The Kier molecular flexibility index (Phi) is 8.17. The first-order valence-electron chi connectivity index (χ1n) is 3.25. The van der Waals surface area contributed by atoms with Gasteiger partial charge in [0.15, 0.2) is 0 Å². The van der Waals surface area contributed by atoms with Crippen molar-refractivity contribution >= 4 is 24.8 Å². The van der Waals surface area contributed by atoms with Gasteiger partial charge in [0.2, 0.25) is 0 Å². The Morgan fingerprint density at radius 2 is 2.10 bits per heavy atom. The standard InChI is InChI=1S/C6H14N2.2ClH/c1-8-4-2-3-6(8)5-7;;/h6H,2-5,7H2,1H3;2*1H. The lowest BCUT2D eigenvalue weighted by Crippen LogP contribution is -2.31. The first kappa shape index (κ1) is 13.1. The normalized spacial score (nSPS) is 25.2. The fourth-order valence-electron chi connectivity index (χ4n) is 1.28. The molecule has 64 valence electrons. The highest BCUT2D eigenvalue weighted by atomic mass is 35.5. The summed E-state index contributed by atoms with van der Waals surface area (Å²) in [7, 11) is 2.14. The van der Waals surface area contributed by atoms with Gasteiger partial charge in [-0.3, -0.25) is 0 Å². The molecule has 0 spiro atoms. The molecule has 1 aliphatic rings. The molecule has 1 saturated heterocycles. The van der Waals surface area contributed by atoms with Gasteiger partial charge in [-0.25, -0.2) is 0 Å². The Labute approximate surface area is 75.0 Å². The lowest BCUT2D eigenvalue weighted by Gasteiger charge is -2.15. The van der Waals surface area contributed by atoms with Crippen LogP contribution in [0, 0.1) is 0 Å². The fourth-order valence-corrected chi connectivity index (χ4v) is 1.28. The molecule has 0 aromatic rings. The van der Waals surface area contributed by atoms with E-state index in [1.54, 1.807) is 0 Å². The molecule has 0 aliphatic carbocycles. The summed E-state index contributed by atoms with van der Waals surface area (Å²) < 4.78 is 0. The van der Waals surface area contributed by atoms with E-state index in [9.17, 15) is 0 Å². The van der Waals surface area contributed by atoms with Crippen molar-refractivity contribution in [1.82, 2.24) is 4.90 Å². The summed E-state index contributed by atoms with van der Waals surface area (Å²) >= 11 is 0. The maximum Gasteiger partial charge on any atom is 0.0215 e. The van der Waals surface area contributed by atoms with E-state index >= 15 is 0 Å². The summed E-state index contributed by atoms with van der Waals surface area (Å²) in [6.07, 6.45) is 2.63. The molecule has 0 bridgehead atoms. The smallest absolute Gasteiger partial charge is 0.0215 e. The third-order valence-corrected chi connectivity index (χ3v) is 1.94. The maximum absolute atomic E-state index is 5.48. The van der Waals surface area contributed by atoms with E-state index in [4.69, 9.17) is 5.73 Å². The largest absolute Gasteiger partial charge is 0.329 e. The molecule has 10 heavy (non-hydrogen) atoms. The second-order valence-corrected chi connectivity index (χ2v) is 2.51. The number of hydrogen-bond acceptors (Lipinski definition) is 2. The molecule has 0 aromatic carbocycles. The quantitative estimate of drug-likeness (QED) is 0.660. The Morgan fingerprint density at radius 3 is 2.30 bits per heavy atom. The van der Waals surface area contributed by atoms with Gasteiger partial charge >= 0.3 is 0 Å². The number of nitrogens with two attached hydrogens (primary N) is 1. The van der Waals surface area contributed by atoms with E-state index in [1.165, 1.54) is 19.4 Å². The van der Waals surface area contributed by atoms with Crippen molar-refractivity contribution in [2.75, 3.05) is 20.1 Å². The third kappa shape index (κ3) is 3.06. The van der Waals surface area contributed by atoms with Crippen LogP contribution in [0.4, 0.5) is 0 Å². The lowest BCUT2D eigenvalue weighted by molar-refractivity contribution is 0.317. The highest BCUT2D eigenvalue weighted by molar-refractivity contribution is 5.85. The van der Waals surface area contributed by atoms with Gasteiger partial charge in [-0.05, 0) is 26.4 Å². The molecule has 1 aliphatic heterocycles. The van der Waals surface area contributed by atoms with Gasteiger partial charge in [0.05, 0.1) is 0 Å². The van der Waals surface area contributed by atoms with Crippen LogP contribution in [0.25, 0.3) is 0 Å². The molecule has 1 fully saturated rings. The van der Waals surface area contributed by atoms with Crippen molar-refractivity contribution in [3.8, 4) is 0 Å². The average Bonchev–Trinajstić information content (AvgIpc) is 2.14. The zero-order valence-electron chi connectivity index (χ0n) is 6.25. The van der Waals surface area contributed by atoms with Crippen LogP contribution >= 0.6 is 24.8 Å². The summed E-state index contributed by atoms with van der Waals surface area (Å²) in [5, 5.41) is 0. The van der Waals surface area contributed by atoms with Gasteiger partial charge in [-0.1, -0.05) is 0 Å². The molecule has 2 N–H and O–H groups in total. The van der Waals surface area contributed by atoms with Crippen molar-refractivity contribution in [2.24, 2.45) is 5.73 Å². The third-order valence-electron chi connectivity index (χ3n) is 1.94. The van der Waals surface area contributed by atoms with E-state index in [2.05, 4.69) is 11.9 Å². The Morgan fingerprint density at radius 1 is 1.50 bits per heavy atom. The zero-order valence-corrected chi connectivity index (χ0v) is 7.88. The average molecular weight is 187 g/mol. The van der Waals surface area contributed by atoms with Gasteiger partial charge in [0, 0.05) is 12.6 Å². The number of nitrogens with zero attached hydrogens (tertiary/aromatic N) is 1. The van der Waals surface area contributed by atoms with Crippen LogP contribution in [0.15, 0.2) is 0 Å². The molecule has 0 aromatic heterocycles. The summed E-state index contributed by atoms with van der Waals surface area (Å²) in [5.74, 6) is 0. The van der Waals surface area contributed by atoms with Gasteiger partial charge in [-0.2, -0.15) is 0 Å². The molecule has 0 amide bonds. The monoisotopic (exact) mass is 186 g/mol. The maximum atomic E-state index is 5.48. The van der Waals surface area contributed by atoms with Crippen molar-refractivity contribution < 1.29 is 0 Å². The minimum absolute atomic E-state index is 0. The molecule has 1 atom stereocenters. The number of hydrogen-bond donors (Lipinski definition) is 1. The fraction of sp³-hybridized carbons (Fsp3) is 1.00. The first-order valence-corrected chi connectivity index (χ1v) is 3.25. The van der Waals surface area contributed by atoms with E-state index in [-0.39, 0.29) is 24.8 Å². The van der Waals surface area contributed by atoms with E-state index < -0.39 is 0 Å². The molecule has 0 radical (unpaired) electrons. The van der Waals surface area contributed by atoms with E-state index in [0.717, 1.165) is 6.54 Å². The summed E-state index contributed by atoms with van der Waals surface area (Å²) in [5.41, 5.74) is 5.48. The van der Waals surface area contributed by atoms with E-state index in [0.29, 0.717) is 6.04 Å². The minimum Gasteiger partial charge on any atom is -0.329 e. The molecular weight excluding hydrogens is 171 g/mol. The predicted octanol–water partition coefficient (Wildman–Crippen LogP) is 0.883. The molecule has 1 rings (SSSR count). The number of likely N-dealkylation sites (N-methyl/N-ethyl adjacent to an activating group) is 1. The van der Waals surface area contributed by atoms with Crippen molar-refractivity contribution in [2.45, 2.75) is 18.9 Å². The summed E-state index contributed by atoms with van der Waals surface area (Å²) in [6, 6.07) is 0.676. The Balaban J connectivity index is 0. The number of rotatable bonds is 1. The summed E-state index contributed by atoms with van der Waals surface area (Å²) in [4.78, 5) is 2.33. The van der Waals surface area contributed by atoms with Crippen molar-refractivity contribution in [3.63, 3.8) is 0 Å². The van der Waals surface area contributed by atoms with Crippen molar-refractivity contribution in [3.05, 3.63) is 0 Å². The lowest BCUT2D eigenvalue weighted by atomic mass is 10.2. The number of likely N-dealkylation sites (tertiary alicyclic amines) is 1. The highest BCUT2D eigenvalue weighted by Crippen LogP contribution is 2.12. The number of halogens is 2. The van der Waals surface area contributed by atoms with Crippen LogP contribution < -0.4 is 5.73 Å². The SMILES string of the molecule is CN1CCCC1CN.Cl.Cl. The minimum atomic E-state index is 0. The molecule has 1 heterocycles. The van der Waals surface area contributed by atoms with E-state index in [1.807, 2.05) is 0 Å².